The Labute approximate surface area is 140 Å². The van der Waals surface area contributed by atoms with Crippen molar-refractivity contribution in [2.75, 3.05) is 13.7 Å². The fourth-order valence-electron chi connectivity index (χ4n) is 2.69. The van der Waals surface area contributed by atoms with Gasteiger partial charge in [-0.2, -0.15) is 0 Å². The molecule has 1 aliphatic heterocycles. The summed E-state index contributed by atoms with van der Waals surface area (Å²) in [6.07, 6.45) is -4.72. The normalized spacial score (nSPS) is 19.8. The number of alkyl halides is 3. The van der Waals surface area contributed by atoms with Crippen LogP contribution in [0.15, 0.2) is 30.3 Å². The third-order valence-electron chi connectivity index (χ3n) is 3.89. The van der Waals surface area contributed by atoms with Gasteiger partial charge in [-0.1, -0.05) is 6.07 Å². The summed E-state index contributed by atoms with van der Waals surface area (Å²) in [6.45, 7) is 0.250. The second kappa shape index (κ2) is 6.07. The van der Waals surface area contributed by atoms with Crippen LogP contribution in [-0.2, 0) is 5.54 Å². The molecule has 1 aliphatic rings. The molecule has 2 heterocycles. The Kier molecular flexibility index (Phi) is 4.19. The third kappa shape index (κ3) is 3.32. The molecule has 1 aromatic carbocycles. The minimum Gasteiger partial charge on any atom is -0.491 e. The summed E-state index contributed by atoms with van der Waals surface area (Å²) in [4.78, 5) is 4.27. The van der Waals surface area contributed by atoms with E-state index in [1.165, 1.54) is 13.2 Å². The SMILES string of the molecule is COc1ccc2c(n1)C(N)(c1ccc(OC(F)(F)F)c(F)c1)CCO2. The van der Waals surface area contributed by atoms with Gasteiger partial charge in [-0.05, 0) is 23.8 Å². The summed E-state index contributed by atoms with van der Waals surface area (Å²) >= 11 is 0. The second-order valence-electron chi connectivity index (χ2n) is 5.46. The summed E-state index contributed by atoms with van der Waals surface area (Å²) in [5, 5.41) is 0. The van der Waals surface area contributed by atoms with Crippen LogP contribution in [0.5, 0.6) is 17.4 Å². The lowest BCUT2D eigenvalue weighted by molar-refractivity contribution is -0.275. The predicted octanol–water partition coefficient (Wildman–Crippen LogP) is 3.11. The molecule has 0 amide bonds. The number of aromatic nitrogens is 1. The molecule has 1 unspecified atom stereocenters. The number of rotatable bonds is 3. The van der Waals surface area contributed by atoms with E-state index in [9.17, 15) is 17.6 Å². The van der Waals surface area contributed by atoms with E-state index >= 15 is 0 Å². The molecule has 1 atom stereocenters. The van der Waals surface area contributed by atoms with Crippen molar-refractivity contribution in [1.29, 1.82) is 0 Å². The highest BCUT2D eigenvalue weighted by Gasteiger charge is 2.39. The predicted molar refractivity (Wildman–Crippen MR) is 79.0 cm³/mol. The Morgan fingerprint density at radius 1 is 1.24 bits per heavy atom. The zero-order chi connectivity index (χ0) is 18.2. The van der Waals surface area contributed by atoms with E-state index in [1.807, 2.05) is 0 Å². The number of methoxy groups -OCH3 is 1. The average molecular weight is 358 g/mol. The number of nitrogens with two attached hydrogens (primary N) is 1. The highest BCUT2D eigenvalue weighted by atomic mass is 19.4. The minimum absolute atomic E-state index is 0.250. The highest BCUT2D eigenvalue weighted by Crippen LogP contribution is 2.40. The molecule has 2 aromatic rings. The maximum Gasteiger partial charge on any atom is 0.573 e. The molecule has 134 valence electrons. The van der Waals surface area contributed by atoms with Gasteiger partial charge >= 0.3 is 6.36 Å². The van der Waals surface area contributed by atoms with E-state index < -0.39 is 23.5 Å². The van der Waals surface area contributed by atoms with E-state index in [4.69, 9.17) is 15.2 Å². The topological polar surface area (TPSA) is 66.6 Å². The van der Waals surface area contributed by atoms with Gasteiger partial charge in [0.1, 0.15) is 11.4 Å². The van der Waals surface area contributed by atoms with Crippen LogP contribution in [0.4, 0.5) is 17.6 Å². The van der Waals surface area contributed by atoms with Gasteiger partial charge in [0.15, 0.2) is 11.6 Å². The standard InChI is InChI=1S/C16H14F4N2O3/c1-23-13-5-4-12-14(22-13)15(21,6-7-24-12)9-2-3-11(10(17)8-9)25-16(18,19)20/h2-5,8H,6-7,21H2,1H3. The first-order chi connectivity index (χ1) is 11.7. The van der Waals surface area contributed by atoms with Crippen LogP contribution in [-0.4, -0.2) is 25.1 Å². The van der Waals surface area contributed by atoms with Crippen LogP contribution >= 0.6 is 0 Å². The van der Waals surface area contributed by atoms with Crippen molar-refractivity contribution in [2.24, 2.45) is 5.73 Å². The van der Waals surface area contributed by atoms with Crippen LogP contribution in [0.2, 0.25) is 0 Å². The van der Waals surface area contributed by atoms with E-state index in [2.05, 4.69) is 9.72 Å². The smallest absolute Gasteiger partial charge is 0.491 e. The van der Waals surface area contributed by atoms with Crippen LogP contribution < -0.4 is 19.9 Å². The number of ether oxygens (including phenoxy) is 3. The van der Waals surface area contributed by atoms with Crippen molar-refractivity contribution < 1.29 is 31.8 Å². The molecule has 0 aliphatic carbocycles. The van der Waals surface area contributed by atoms with E-state index in [-0.39, 0.29) is 24.5 Å². The average Bonchev–Trinajstić information content (AvgIpc) is 2.55. The number of halogens is 4. The molecule has 5 nitrogen and oxygen atoms in total. The molecule has 25 heavy (non-hydrogen) atoms. The molecule has 3 rings (SSSR count). The summed E-state index contributed by atoms with van der Waals surface area (Å²) in [7, 11) is 1.43. The van der Waals surface area contributed by atoms with Crippen LogP contribution in [0, 0.1) is 5.82 Å². The number of hydrogen-bond acceptors (Lipinski definition) is 5. The van der Waals surface area contributed by atoms with E-state index in [1.54, 1.807) is 12.1 Å². The van der Waals surface area contributed by atoms with Crippen molar-refractivity contribution >= 4 is 0 Å². The van der Waals surface area contributed by atoms with Crippen molar-refractivity contribution in [2.45, 2.75) is 18.3 Å². The monoisotopic (exact) mass is 358 g/mol. The molecule has 2 N–H and O–H groups in total. The minimum atomic E-state index is -4.98. The van der Waals surface area contributed by atoms with Crippen LogP contribution in [0.3, 0.4) is 0 Å². The number of benzene rings is 1. The number of hydrogen-bond donors (Lipinski definition) is 1. The molecule has 0 bridgehead atoms. The third-order valence-corrected chi connectivity index (χ3v) is 3.89. The molecule has 0 spiro atoms. The summed E-state index contributed by atoms with van der Waals surface area (Å²) in [5.74, 6) is -1.40. The summed E-state index contributed by atoms with van der Waals surface area (Å²) in [5.41, 5.74) is 5.77. The Morgan fingerprint density at radius 3 is 2.64 bits per heavy atom. The van der Waals surface area contributed by atoms with Gasteiger partial charge in [-0.15, -0.1) is 13.2 Å². The molecular weight excluding hydrogens is 344 g/mol. The first kappa shape index (κ1) is 17.3. The van der Waals surface area contributed by atoms with Crippen molar-refractivity contribution in [3.63, 3.8) is 0 Å². The first-order valence-corrected chi connectivity index (χ1v) is 7.26. The van der Waals surface area contributed by atoms with Gasteiger partial charge in [0.25, 0.3) is 0 Å². The Hall–Kier alpha value is -2.55. The van der Waals surface area contributed by atoms with Crippen molar-refractivity contribution in [3.8, 4) is 17.4 Å². The first-order valence-electron chi connectivity index (χ1n) is 7.26. The summed E-state index contributed by atoms with van der Waals surface area (Å²) < 4.78 is 65.1. The van der Waals surface area contributed by atoms with Gasteiger partial charge in [0.05, 0.1) is 19.3 Å². The number of pyridine rings is 1. The van der Waals surface area contributed by atoms with E-state index in [0.717, 1.165) is 12.1 Å². The molecular formula is C16H14F4N2O3. The zero-order valence-electron chi connectivity index (χ0n) is 13.1. The van der Waals surface area contributed by atoms with Gasteiger partial charge in [-0.25, -0.2) is 9.37 Å². The lowest BCUT2D eigenvalue weighted by Gasteiger charge is -2.35. The van der Waals surface area contributed by atoms with Gasteiger partial charge in [0, 0.05) is 12.5 Å². The van der Waals surface area contributed by atoms with E-state index in [0.29, 0.717) is 11.4 Å². The number of fused-ring (bicyclic) bond motifs is 1. The molecule has 0 fully saturated rings. The second-order valence-corrected chi connectivity index (χ2v) is 5.46. The van der Waals surface area contributed by atoms with Gasteiger partial charge < -0.3 is 19.9 Å². The Balaban J connectivity index is 2.04. The highest BCUT2D eigenvalue weighted by molar-refractivity contribution is 5.46. The Morgan fingerprint density at radius 2 is 2.00 bits per heavy atom. The molecule has 0 saturated carbocycles. The maximum atomic E-state index is 14.1. The lowest BCUT2D eigenvalue weighted by atomic mass is 9.82. The largest absolute Gasteiger partial charge is 0.573 e. The van der Waals surface area contributed by atoms with Gasteiger partial charge in [0.2, 0.25) is 5.88 Å². The van der Waals surface area contributed by atoms with Gasteiger partial charge in [-0.3, -0.25) is 0 Å². The number of nitrogens with zero attached hydrogens (tertiary/aromatic N) is 1. The molecule has 0 radical (unpaired) electrons. The van der Waals surface area contributed by atoms with Crippen molar-refractivity contribution in [3.05, 3.63) is 47.4 Å². The molecule has 1 aromatic heterocycles. The van der Waals surface area contributed by atoms with Crippen LogP contribution in [0.25, 0.3) is 0 Å². The quantitative estimate of drug-likeness (QED) is 0.854. The zero-order valence-corrected chi connectivity index (χ0v) is 13.1. The van der Waals surface area contributed by atoms with Crippen molar-refractivity contribution in [1.82, 2.24) is 4.98 Å². The fourth-order valence-corrected chi connectivity index (χ4v) is 2.69. The maximum absolute atomic E-state index is 14.1. The Bertz CT molecular complexity index is 797. The molecule has 0 saturated heterocycles. The summed E-state index contributed by atoms with van der Waals surface area (Å²) in [6, 6.07) is 6.30. The fraction of sp³-hybridized carbons (Fsp3) is 0.312. The van der Waals surface area contributed by atoms with Crippen LogP contribution in [0.1, 0.15) is 17.7 Å². The lowest BCUT2D eigenvalue weighted by Crippen LogP contribution is -2.43. The molecule has 9 heteroatoms.